The van der Waals surface area contributed by atoms with Gasteiger partial charge >= 0.3 is 0 Å². The molecule has 2 aromatic heterocycles. The summed E-state index contributed by atoms with van der Waals surface area (Å²) in [5.74, 6) is 0. The normalized spacial score (nSPS) is 10.9. The highest BCUT2D eigenvalue weighted by Crippen LogP contribution is 2.26. The molecule has 0 radical (unpaired) electrons. The maximum Gasteiger partial charge on any atom is 0.0995 e. The fourth-order valence-electron chi connectivity index (χ4n) is 1.65. The smallest absolute Gasteiger partial charge is 0.0995 e. The number of aromatic nitrogens is 1. The molecule has 1 nitrogen and oxygen atoms in total. The Balaban J connectivity index is 2.28. The van der Waals surface area contributed by atoms with Crippen LogP contribution in [0.3, 0.4) is 0 Å². The van der Waals surface area contributed by atoms with Crippen LogP contribution in [-0.4, -0.2) is 4.40 Å². The van der Waals surface area contributed by atoms with E-state index >= 15 is 0 Å². The molecule has 0 spiro atoms. The van der Waals surface area contributed by atoms with Crippen molar-refractivity contribution in [1.82, 2.24) is 4.40 Å². The molecule has 0 aliphatic carbocycles. The predicted octanol–water partition coefficient (Wildman–Crippen LogP) is 3.67. The van der Waals surface area contributed by atoms with E-state index in [9.17, 15) is 0 Å². The molecule has 0 saturated carbocycles. The van der Waals surface area contributed by atoms with E-state index in [0.717, 1.165) is 0 Å². The van der Waals surface area contributed by atoms with Crippen LogP contribution in [0.4, 0.5) is 0 Å². The minimum atomic E-state index is 1.27. The molecule has 0 unspecified atom stereocenters. The summed E-state index contributed by atoms with van der Waals surface area (Å²) in [6.07, 6.45) is 2.11. The van der Waals surface area contributed by atoms with Gasteiger partial charge in [0.05, 0.1) is 10.5 Å². The summed E-state index contributed by atoms with van der Waals surface area (Å²) in [6, 6.07) is 14.7. The van der Waals surface area contributed by atoms with E-state index in [1.165, 1.54) is 16.1 Å². The van der Waals surface area contributed by atoms with E-state index in [1.807, 2.05) is 6.07 Å². The van der Waals surface area contributed by atoms with Gasteiger partial charge in [0.1, 0.15) is 0 Å². The molecule has 0 aliphatic heterocycles. The molecule has 2 heterocycles. The number of hydrogen-bond acceptors (Lipinski definition) is 1. The second kappa shape index (κ2) is 3.00. The number of nitrogens with zero attached hydrogens (tertiary/aromatic N) is 1. The Kier molecular flexibility index (Phi) is 1.67. The van der Waals surface area contributed by atoms with Gasteiger partial charge in [-0.25, -0.2) is 0 Å². The molecule has 0 fully saturated rings. The molecule has 0 amide bonds. The fourth-order valence-corrected chi connectivity index (χ4v) is 2.56. The molecule has 0 aliphatic rings. The number of fused-ring (bicyclic) bond motifs is 1. The van der Waals surface area contributed by atoms with Gasteiger partial charge in [-0.1, -0.05) is 30.3 Å². The van der Waals surface area contributed by atoms with Gasteiger partial charge < -0.3 is 4.40 Å². The number of hydrogen-bond donors (Lipinski definition) is 0. The highest BCUT2D eigenvalue weighted by Gasteiger charge is 2.03. The summed E-state index contributed by atoms with van der Waals surface area (Å²) < 4.78 is 2.22. The quantitative estimate of drug-likeness (QED) is 0.563. The van der Waals surface area contributed by atoms with Gasteiger partial charge in [-0.2, -0.15) is 0 Å². The Morgan fingerprint density at radius 1 is 0.929 bits per heavy atom. The van der Waals surface area contributed by atoms with Crippen LogP contribution in [0.1, 0.15) is 0 Å². The molecule has 14 heavy (non-hydrogen) atoms. The van der Waals surface area contributed by atoms with E-state index in [1.54, 1.807) is 11.3 Å². The first-order valence-corrected chi connectivity index (χ1v) is 5.43. The van der Waals surface area contributed by atoms with Gasteiger partial charge in [0.2, 0.25) is 0 Å². The maximum absolute atomic E-state index is 2.22. The Morgan fingerprint density at radius 3 is 2.64 bits per heavy atom. The third kappa shape index (κ3) is 1.08. The Labute approximate surface area is 86.2 Å². The minimum Gasteiger partial charge on any atom is -0.307 e. The van der Waals surface area contributed by atoms with Crippen molar-refractivity contribution < 1.29 is 0 Å². The second-order valence-corrected chi connectivity index (χ2v) is 4.09. The van der Waals surface area contributed by atoms with Gasteiger partial charge in [0, 0.05) is 11.6 Å². The van der Waals surface area contributed by atoms with E-state index in [-0.39, 0.29) is 0 Å². The summed E-state index contributed by atoms with van der Waals surface area (Å²) in [7, 11) is 0. The minimum absolute atomic E-state index is 1.27. The summed E-state index contributed by atoms with van der Waals surface area (Å²) in [5, 5.41) is 2.20. The molecule has 3 aromatic rings. The van der Waals surface area contributed by atoms with Gasteiger partial charge in [-0.3, -0.25) is 0 Å². The maximum atomic E-state index is 2.22. The number of benzene rings is 1. The zero-order valence-electron chi connectivity index (χ0n) is 7.55. The van der Waals surface area contributed by atoms with Crippen molar-refractivity contribution in [3.63, 3.8) is 0 Å². The molecule has 0 saturated heterocycles. The second-order valence-electron chi connectivity index (χ2n) is 3.20. The van der Waals surface area contributed by atoms with Crippen LogP contribution in [-0.2, 0) is 0 Å². The zero-order chi connectivity index (χ0) is 9.38. The topological polar surface area (TPSA) is 4.41 Å². The molecule has 1 aromatic carbocycles. The summed E-state index contributed by atoms with van der Waals surface area (Å²) in [4.78, 5) is 1.30. The van der Waals surface area contributed by atoms with Crippen LogP contribution in [0.15, 0.2) is 54.0 Å². The lowest BCUT2D eigenvalue weighted by atomic mass is 10.2. The first-order valence-electron chi connectivity index (χ1n) is 4.55. The molecule has 68 valence electrons. The van der Waals surface area contributed by atoms with Crippen LogP contribution in [0.5, 0.6) is 0 Å². The zero-order valence-corrected chi connectivity index (χ0v) is 8.37. The van der Waals surface area contributed by atoms with Crippen LogP contribution in [0.25, 0.3) is 16.1 Å². The summed E-state index contributed by atoms with van der Waals surface area (Å²) >= 11 is 1.78. The van der Waals surface area contributed by atoms with Crippen molar-refractivity contribution in [3.8, 4) is 11.3 Å². The lowest BCUT2D eigenvalue weighted by Gasteiger charge is -1.98. The highest BCUT2D eigenvalue weighted by molar-refractivity contribution is 7.15. The molecule has 0 N–H and O–H groups in total. The third-order valence-electron chi connectivity index (χ3n) is 2.33. The van der Waals surface area contributed by atoms with Gasteiger partial charge in [0.25, 0.3) is 0 Å². The van der Waals surface area contributed by atoms with Crippen LogP contribution >= 0.6 is 11.3 Å². The fraction of sp³-hybridized carbons (Fsp3) is 0. The molecular weight excluding hydrogens is 190 g/mol. The Bertz CT molecular complexity index is 548. The van der Waals surface area contributed by atoms with Crippen molar-refractivity contribution in [1.29, 1.82) is 0 Å². The standard InChI is InChI=1S/C12H9NS/c1-2-5-10(6-3-1)11-9-14-12-7-4-8-13(11)12/h1-9H. The predicted molar refractivity (Wildman–Crippen MR) is 60.7 cm³/mol. The molecule has 3 rings (SSSR count). The first kappa shape index (κ1) is 7.83. The number of rotatable bonds is 1. The monoisotopic (exact) mass is 199 g/mol. The van der Waals surface area contributed by atoms with Gasteiger partial charge in [0.15, 0.2) is 0 Å². The Morgan fingerprint density at radius 2 is 1.79 bits per heavy atom. The van der Waals surface area contributed by atoms with Crippen molar-refractivity contribution in [2.24, 2.45) is 0 Å². The van der Waals surface area contributed by atoms with E-state index in [0.29, 0.717) is 0 Å². The largest absolute Gasteiger partial charge is 0.307 e. The van der Waals surface area contributed by atoms with Crippen molar-refractivity contribution >= 4 is 16.2 Å². The van der Waals surface area contributed by atoms with E-state index < -0.39 is 0 Å². The lowest BCUT2D eigenvalue weighted by Crippen LogP contribution is -1.81. The van der Waals surface area contributed by atoms with Crippen LogP contribution < -0.4 is 0 Å². The van der Waals surface area contributed by atoms with E-state index in [4.69, 9.17) is 0 Å². The van der Waals surface area contributed by atoms with Crippen molar-refractivity contribution in [3.05, 3.63) is 54.0 Å². The summed E-state index contributed by atoms with van der Waals surface area (Å²) in [5.41, 5.74) is 2.55. The summed E-state index contributed by atoms with van der Waals surface area (Å²) in [6.45, 7) is 0. The average Bonchev–Trinajstić information content (AvgIpc) is 2.79. The van der Waals surface area contributed by atoms with Gasteiger partial charge in [-0.05, 0) is 17.7 Å². The number of thiazole rings is 1. The lowest BCUT2D eigenvalue weighted by molar-refractivity contribution is 1.24. The molecule has 0 bridgehead atoms. The Hall–Kier alpha value is -1.54. The molecular formula is C12H9NS. The molecule has 2 heteroatoms. The van der Waals surface area contributed by atoms with E-state index in [2.05, 4.69) is 52.4 Å². The van der Waals surface area contributed by atoms with Crippen molar-refractivity contribution in [2.75, 3.05) is 0 Å². The van der Waals surface area contributed by atoms with Gasteiger partial charge in [-0.15, -0.1) is 11.3 Å². The van der Waals surface area contributed by atoms with Crippen molar-refractivity contribution in [2.45, 2.75) is 0 Å². The molecule has 0 atom stereocenters. The van der Waals surface area contributed by atoms with Crippen LogP contribution in [0, 0.1) is 0 Å². The SMILES string of the molecule is c1ccc(-c2csc3cccn23)cc1. The highest BCUT2D eigenvalue weighted by atomic mass is 32.1. The van der Waals surface area contributed by atoms with Crippen LogP contribution in [0.2, 0.25) is 0 Å². The third-order valence-corrected chi connectivity index (χ3v) is 3.25. The first-order chi connectivity index (χ1) is 6.95. The average molecular weight is 199 g/mol.